The van der Waals surface area contributed by atoms with Crippen LogP contribution < -0.4 is 4.74 Å². The van der Waals surface area contributed by atoms with Crippen molar-refractivity contribution in [2.45, 2.75) is 20.5 Å². The van der Waals surface area contributed by atoms with Gasteiger partial charge in [-0.2, -0.15) is 0 Å². The van der Waals surface area contributed by atoms with Crippen molar-refractivity contribution in [3.63, 3.8) is 0 Å². The zero-order valence-electron chi connectivity index (χ0n) is 13.0. The van der Waals surface area contributed by atoms with Gasteiger partial charge >= 0.3 is 0 Å². The zero-order chi connectivity index (χ0) is 15.2. The summed E-state index contributed by atoms with van der Waals surface area (Å²) in [7, 11) is 1.68. The van der Waals surface area contributed by atoms with Gasteiger partial charge in [0.1, 0.15) is 12.4 Å². The first-order valence-corrected chi connectivity index (χ1v) is 7.07. The van der Waals surface area contributed by atoms with Gasteiger partial charge in [-0.15, -0.1) is 0 Å². The van der Waals surface area contributed by atoms with Gasteiger partial charge in [0.2, 0.25) is 0 Å². The second-order valence-electron chi connectivity index (χ2n) is 5.25. The van der Waals surface area contributed by atoms with Gasteiger partial charge in [-0.1, -0.05) is 43.0 Å². The fourth-order valence-corrected chi connectivity index (χ4v) is 2.26. The summed E-state index contributed by atoms with van der Waals surface area (Å²) in [6, 6.07) is 14.4. The second-order valence-corrected chi connectivity index (χ2v) is 5.25. The third-order valence-electron chi connectivity index (χ3n) is 3.44. The maximum Gasteiger partial charge on any atom is 0.122 e. The molecule has 2 nitrogen and oxygen atoms in total. The van der Waals surface area contributed by atoms with Gasteiger partial charge < -0.3 is 9.47 Å². The Balaban J connectivity index is 2.16. The van der Waals surface area contributed by atoms with E-state index >= 15 is 0 Å². The van der Waals surface area contributed by atoms with E-state index in [9.17, 15) is 0 Å². The Morgan fingerprint density at radius 1 is 1.10 bits per heavy atom. The highest BCUT2D eigenvalue weighted by Gasteiger charge is 2.07. The van der Waals surface area contributed by atoms with Crippen LogP contribution in [-0.2, 0) is 11.3 Å². The lowest BCUT2D eigenvalue weighted by Gasteiger charge is -2.14. The second kappa shape index (κ2) is 7.09. The van der Waals surface area contributed by atoms with Crippen molar-refractivity contribution in [1.29, 1.82) is 0 Å². The average Bonchev–Trinajstić information content (AvgIpc) is 2.49. The van der Waals surface area contributed by atoms with Crippen LogP contribution in [0.4, 0.5) is 0 Å². The van der Waals surface area contributed by atoms with Crippen molar-refractivity contribution in [3.8, 4) is 5.75 Å². The number of ether oxygens (including phenoxy) is 2. The maximum absolute atomic E-state index is 5.99. The topological polar surface area (TPSA) is 18.5 Å². The van der Waals surface area contributed by atoms with Crippen LogP contribution in [0, 0.1) is 13.8 Å². The molecular weight excluding hydrogens is 260 g/mol. The molecule has 0 N–H and O–H groups in total. The van der Waals surface area contributed by atoms with Gasteiger partial charge in [0.25, 0.3) is 0 Å². The third kappa shape index (κ3) is 3.96. The van der Waals surface area contributed by atoms with Gasteiger partial charge in [0.15, 0.2) is 0 Å². The lowest BCUT2D eigenvalue weighted by Crippen LogP contribution is -2.03. The number of rotatable bonds is 6. The molecule has 0 heterocycles. The predicted molar refractivity (Wildman–Crippen MR) is 87.6 cm³/mol. The standard InChI is InChI=1S/C19H22O2/c1-14-9-10-15(2)19(11-14)21-13-17-7-5-6-8-18(17)16(3)12-20-4/h5-11H,3,12-13H2,1-2,4H3. The van der Waals surface area contributed by atoms with Gasteiger partial charge in [0, 0.05) is 7.11 Å². The van der Waals surface area contributed by atoms with Crippen LogP contribution in [0.1, 0.15) is 22.3 Å². The fourth-order valence-electron chi connectivity index (χ4n) is 2.26. The van der Waals surface area contributed by atoms with E-state index in [1.165, 1.54) is 5.56 Å². The molecule has 2 heteroatoms. The monoisotopic (exact) mass is 282 g/mol. The molecule has 21 heavy (non-hydrogen) atoms. The van der Waals surface area contributed by atoms with E-state index in [2.05, 4.69) is 50.8 Å². The molecule has 0 fully saturated rings. The lowest BCUT2D eigenvalue weighted by molar-refractivity contribution is 0.239. The Morgan fingerprint density at radius 3 is 2.62 bits per heavy atom. The fraction of sp³-hybridized carbons (Fsp3) is 0.263. The van der Waals surface area contributed by atoms with Crippen molar-refractivity contribution >= 4 is 5.57 Å². The van der Waals surface area contributed by atoms with Crippen LogP contribution in [0.5, 0.6) is 5.75 Å². The maximum atomic E-state index is 5.99. The van der Waals surface area contributed by atoms with Crippen molar-refractivity contribution in [2.75, 3.05) is 13.7 Å². The van der Waals surface area contributed by atoms with Crippen molar-refractivity contribution in [1.82, 2.24) is 0 Å². The van der Waals surface area contributed by atoms with E-state index < -0.39 is 0 Å². The summed E-state index contributed by atoms with van der Waals surface area (Å²) in [6.45, 7) is 9.27. The molecule has 0 aliphatic heterocycles. The molecule has 0 aliphatic rings. The molecule has 0 spiro atoms. The summed E-state index contributed by atoms with van der Waals surface area (Å²) < 4.78 is 11.2. The molecule has 0 saturated carbocycles. The molecule has 0 amide bonds. The number of hydrogen-bond donors (Lipinski definition) is 0. The molecule has 0 saturated heterocycles. The summed E-state index contributed by atoms with van der Waals surface area (Å²) in [5.41, 5.74) is 5.55. The Morgan fingerprint density at radius 2 is 1.86 bits per heavy atom. The summed E-state index contributed by atoms with van der Waals surface area (Å²) >= 11 is 0. The Hall–Kier alpha value is -2.06. The molecule has 0 unspecified atom stereocenters. The Labute approximate surface area is 127 Å². The van der Waals surface area contributed by atoms with Gasteiger partial charge in [-0.25, -0.2) is 0 Å². The molecule has 0 bridgehead atoms. The minimum Gasteiger partial charge on any atom is -0.489 e. The number of hydrogen-bond acceptors (Lipinski definition) is 2. The smallest absolute Gasteiger partial charge is 0.122 e. The summed E-state index contributed by atoms with van der Waals surface area (Å²) in [5, 5.41) is 0. The van der Waals surface area contributed by atoms with Crippen LogP contribution in [0.25, 0.3) is 5.57 Å². The van der Waals surface area contributed by atoms with Crippen LogP contribution in [0.15, 0.2) is 49.0 Å². The highest BCUT2D eigenvalue weighted by Crippen LogP contribution is 2.23. The molecule has 0 atom stereocenters. The van der Waals surface area contributed by atoms with Gasteiger partial charge in [-0.05, 0) is 47.7 Å². The lowest BCUT2D eigenvalue weighted by atomic mass is 10.0. The molecule has 2 aromatic rings. The summed E-state index contributed by atoms with van der Waals surface area (Å²) in [4.78, 5) is 0. The molecule has 0 aromatic heterocycles. The number of aryl methyl sites for hydroxylation is 2. The third-order valence-corrected chi connectivity index (χ3v) is 3.44. The largest absolute Gasteiger partial charge is 0.489 e. The zero-order valence-corrected chi connectivity index (χ0v) is 13.0. The quantitative estimate of drug-likeness (QED) is 0.774. The first-order chi connectivity index (χ1) is 10.1. The first kappa shape index (κ1) is 15.3. The van der Waals surface area contributed by atoms with Crippen molar-refractivity contribution in [3.05, 3.63) is 71.3 Å². The molecule has 2 rings (SSSR count). The van der Waals surface area contributed by atoms with Crippen LogP contribution in [0.3, 0.4) is 0 Å². The number of benzene rings is 2. The van der Waals surface area contributed by atoms with E-state index in [4.69, 9.17) is 9.47 Å². The Kier molecular flexibility index (Phi) is 5.18. The van der Waals surface area contributed by atoms with E-state index in [1.54, 1.807) is 7.11 Å². The summed E-state index contributed by atoms with van der Waals surface area (Å²) in [6.07, 6.45) is 0. The Bertz CT molecular complexity index is 629. The minimum atomic E-state index is 0.528. The van der Waals surface area contributed by atoms with E-state index in [0.29, 0.717) is 13.2 Å². The minimum absolute atomic E-state index is 0.528. The van der Waals surface area contributed by atoms with Gasteiger partial charge in [-0.3, -0.25) is 0 Å². The highest BCUT2D eigenvalue weighted by molar-refractivity contribution is 5.67. The van der Waals surface area contributed by atoms with Crippen LogP contribution >= 0.6 is 0 Å². The molecule has 110 valence electrons. The van der Waals surface area contributed by atoms with Crippen LogP contribution in [0.2, 0.25) is 0 Å². The van der Waals surface area contributed by atoms with E-state index in [0.717, 1.165) is 28.0 Å². The molecule has 2 aromatic carbocycles. The summed E-state index contributed by atoms with van der Waals surface area (Å²) in [5.74, 6) is 0.933. The van der Waals surface area contributed by atoms with E-state index in [-0.39, 0.29) is 0 Å². The first-order valence-electron chi connectivity index (χ1n) is 7.07. The van der Waals surface area contributed by atoms with Crippen molar-refractivity contribution < 1.29 is 9.47 Å². The normalized spacial score (nSPS) is 10.4. The number of methoxy groups -OCH3 is 1. The highest BCUT2D eigenvalue weighted by atomic mass is 16.5. The van der Waals surface area contributed by atoms with Crippen molar-refractivity contribution in [2.24, 2.45) is 0 Å². The SMILES string of the molecule is C=C(COC)c1ccccc1COc1cc(C)ccc1C. The molecule has 0 radical (unpaired) electrons. The van der Waals surface area contributed by atoms with Crippen LogP contribution in [-0.4, -0.2) is 13.7 Å². The molecule has 0 aliphatic carbocycles. The van der Waals surface area contributed by atoms with Gasteiger partial charge in [0.05, 0.1) is 6.61 Å². The predicted octanol–water partition coefficient (Wildman–Crippen LogP) is 4.54. The molecular formula is C19H22O2. The van der Waals surface area contributed by atoms with E-state index in [1.807, 2.05) is 12.1 Å². The average molecular weight is 282 g/mol.